The second kappa shape index (κ2) is 10.2. The Kier molecular flexibility index (Phi) is 8.47. The Balaban J connectivity index is 0.00000150. The molecule has 1 N–H and O–H groups in total. The fourth-order valence-electron chi connectivity index (χ4n) is 5.23. The van der Waals surface area contributed by atoms with E-state index in [2.05, 4.69) is 27.2 Å². The molecule has 4 rings (SSSR count). The first-order valence-corrected chi connectivity index (χ1v) is 10.1. The molecule has 3 fully saturated rings. The summed E-state index contributed by atoms with van der Waals surface area (Å²) in [6.45, 7) is 5.34. The van der Waals surface area contributed by atoms with Crippen LogP contribution in [0.25, 0.3) is 0 Å². The third-order valence-corrected chi connectivity index (χ3v) is 6.60. The number of urea groups is 1. The van der Waals surface area contributed by atoms with Crippen molar-refractivity contribution >= 4 is 30.8 Å². The molecule has 6 nitrogen and oxygen atoms in total. The second-order valence-electron chi connectivity index (χ2n) is 8.41. The van der Waals surface area contributed by atoms with E-state index in [1.807, 2.05) is 26.2 Å². The first kappa shape index (κ1) is 24.1. The zero-order valence-corrected chi connectivity index (χ0v) is 19.2. The SMILES string of the molecule is COc1ccc([C@H]2[C@@H]3CN(C4CCNCC4)C[C@@H]3CN2C(=O)N(C)C)cc1.Cl.Cl. The molecule has 2 amide bonds. The highest BCUT2D eigenvalue weighted by atomic mass is 35.5. The Morgan fingerprint density at radius 3 is 2.31 bits per heavy atom. The number of amides is 2. The van der Waals surface area contributed by atoms with Crippen molar-refractivity contribution in [3.05, 3.63) is 29.8 Å². The van der Waals surface area contributed by atoms with Gasteiger partial charge < -0.3 is 19.9 Å². The smallest absolute Gasteiger partial charge is 0.320 e. The number of ether oxygens (including phenoxy) is 1. The zero-order chi connectivity index (χ0) is 19.0. The second-order valence-corrected chi connectivity index (χ2v) is 8.41. The third-order valence-electron chi connectivity index (χ3n) is 6.60. The number of rotatable bonds is 3. The molecular weight excluding hydrogens is 411 g/mol. The lowest BCUT2D eigenvalue weighted by molar-refractivity contribution is 0.138. The number of halogens is 2. The molecule has 0 spiro atoms. The maximum Gasteiger partial charge on any atom is 0.320 e. The first-order valence-electron chi connectivity index (χ1n) is 10.1. The van der Waals surface area contributed by atoms with Crippen molar-refractivity contribution in [1.82, 2.24) is 20.0 Å². The number of carbonyl (C=O) groups excluding carboxylic acids is 1. The lowest BCUT2D eigenvalue weighted by Crippen LogP contribution is -2.45. The van der Waals surface area contributed by atoms with E-state index in [9.17, 15) is 4.79 Å². The van der Waals surface area contributed by atoms with E-state index in [0.29, 0.717) is 17.9 Å². The Morgan fingerprint density at radius 1 is 1.07 bits per heavy atom. The Labute approximate surface area is 186 Å². The molecule has 0 radical (unpaired) electrons. The summed E-state index contributed by atoms with van der Waals surface area (Å²) in [5, 5.41) is 3.47. The van der Waals surface area contributed by atoms with Gasteiger partial charge in [0.15, 0.2) is 0 Å². The number of likely N-dealkylation sites (tertiary alicyclic amines) is 2. The van der Waals surface area contributed by atoms with E-state index in [0.717, 1.165) is 38.5 Å². The lowest BCUT2D eigenvalue weighted by Gasteiger charge is -2.35. The Bertz CT molecular complexity index is 667. The maximum atomic E-state index is 12.9. The minimum atomic E-state index is 0. The molecule has 0 bridgehead atoms. The molecule has 164 valence electrons. The van der Waals surface area contributed by atoms with E-state index in [4.69, 9.17) is 4.74 Å². The van der Waals surface area contributed by atoms with Crippen LogP contribution in [0.1, 0.15) is 24.4 Å². The number of fused-ring (bicyclic) bond motifs is 1. The van der Waals surface area contributed by atoms with Gasteiger partial charge in [-0.3, -0.25) is 4.90 Å². The average Bonchev–Trinajstić information content (AvgIpc) is 3.26. The van der Waals surface area contributed by atoms with E-state index >= 15 is 0 Å². The van der Waals surface area contributed by atoms with Gasteiger partial charge in [0, 0.05) is 45.7 Å². The largest absolute Gasteiger partial charge is 0.497 e. The molecule has 1 aromatic rings. The molecule has 3 saturated heterocycles. The van der Waals surface area contributed by atoms with Crippen molar-refractivity contribution in [2.24, 2.45) is 11.8 Å². The Hall–Kier alpha value is -1.21. The number of benzene rings is 1. The van der Waals surface area contributed by atoms with Crippen molar-refractivity contribution in [3.63, 3.8) is 0 Å². The van der Waals surface area contributed by atoms with Crippen LogP contribution in [0.5, 0.6) is 5.75 Å². The molecule has 3 aliphatic heterocycles. The van der Waals surface area contributed by atoms with Crippen LogP contribution in [-0.4, -0.2) is 80.7 Å². The molecule has 0 aliphatic carbocycles. The van der Waals surface area contributed by atoms with Gasteiger partial charge in [-0.25, -0.2) is 4.79 Å². The van der Waals surface area contributed by atoms with Crippen molar-refractivity contribution in [2.45, 2.75) is 24.9 Å². The van der Waals surface area contributed by atoms with Crippen LogP contribution in [0.2, 0.25) is 0 Å². The van der Waals surface area contributed by atoms with Gasteiger partial charge >= 0.3 is 6.03 Å². The molecule has 0 aromatic heterocycles. The molecule has 1 aromatic carbocycles. The predicted molar refractivity (Wildman–Crippen MR) is 120 cm³/mol. The highest BCUT2D eigenvalue weighted by molar-refractivity contribution is 5.85. The fraction of sp³-hybridized carbons (Fsp3) is 0.667. The summed E-state index contributed by atoms with van der Waals surface area (Å²) in [6.07, 6.45) is 2.49. The summed E-state index contributed by atoms with van der Waals surface area (Å²) in [4.78, 5) is 19.4. The van der Waals surface area contributed by atoms with Crippen molar-refractivity contribution in [3.8, 4) is 5.75 Å². The number of hydrogen-bond donors (Lipinski definition) is 1. The molecule has 3 atom stereocenters. The molecule has 8 heteroatoms. The monoisotopic (exact) mass is 444 g/mol. The van der Waals surface area contributed by atoms with Gasteiger partial charge in [0.2, 0.25) is 0 Å². The number of piperidine rings is 1. The van der Waals surface area contributed by atoms with E-state index in [1.165, 1.54) is 18.4 Å². The lowest BCUT2D eigenvalue weighted by atomic mass is 9.89. The highest BCUT2D eigenvalue weighted by Crippen LogP contribution is 2.46. The summed E-state index contributed by atoms with van der Waals surface area (Å²) in [6, 6.07) is 9.28. The van der Waals surface area contributed by atoms with Gasteiger partial charge in [-0.1, -0.05) is 12.1 Å². The maximum absolute atomic E-state index is 12.9. The van der Waals surface area contributed by atoms with Crippen LogP contribution in [0.3, 0.4) is 0 Å². The van der Waals surface area contributed by atoms with Gasteiger partial charge in [0.1, 0.15) is 5.75 Å². The fourth-order valence-corrected chi connectivity index (χ4v) is 5.23. The normalized spacial score (nSPS) is 27.0. The van der Waals surface area contributed by atoms with Crippen molar-refractivity contribution in [2.75, 3.05) is 53.9 Å². The molecular formula is C21H34Cl2N4O2. The summed E-state index contributed by atoms with van der Waals surface area (Å²) >= 11 is 0. The van der Waals surface area contributed by atoms with Crippen LogP contribution < -0.4 is 10.1 Å². The summed E-state index contributed by atoms with van der Waals surface area (Å²) in [5.74, 6) is 1.94. The van der Waals surface area contributed by atoms with Gasteiger partial charge in [0.25, 0.3) is 0 Å². The summed E-state index contributed by atoms with van der Waals surface area (Å²) in [5.41, 5.74) is 1.23. The number of nitrogens with one attached hydrogen (secondary N) is 1. The zero-order valence-electron chi connectivity index (χ0n) is 17.5. The van der Waals surface area contributed by atoms with Crippen LogP contribution in [-0.2, 0) is 0 Å². The van der Waals surface area contributed by atoms with Crippen molar-refractivity contribution < 1.29 is 9.53 Å². The van der Waals surface area contributed by atoms with Gasteiger partial charge in [-0.05, 0) is 49.5 Å². The van der Waals surface area contributed by atoms with E-state index in [1.54, 1.807) is 12.0 Å². The van der Waals surface area contributed by atoms with Gasteiger partial charge in [-0.2, -0.15) is 0 Å². The third kappa shape index (κ3) is 4.76. The number of methoxy groups -OCH3 is 1. The highest BCUT2D eigenvalue weighted by Gasteiger charge is 2.50. The molecule has 0 saturated carbocycles. The summed E-state index contributed by atoms with van der Waals surface area (Å²) in [7, 11) is 5.39. The van der Waals surface area contributed by atoms with Crippen LogP contribution in [0.4, 0.5) is 4.79 Å². The van der Waals surface area contributed by atoms with E-state index < -0.39 is 0 Å². The molecule has 0 unspecified atom stereocenters. The average molecular weight is 445 g/mol. The molecule has 29 heavy (non-hydrogen) atoms. The quantitative estimate of drug-likeness (QED) is 0.778. The number of carbonyl (C=O) groups is 1. The minimum Gasteiger partial charge on any atom is -0.497 e. The van der Waals surface area contributed by atoms with Crippen LogP contribution in [0.15, 0.2) is 24.3 Å². The van der Waals surface area contributed by atoms with Gasteiger partial charge in [-0.15, -0.1) is 24.8 Å². The van der Waals surface area contributed by atoms with Crippen molar-refractivity contribution in [1.29, 1.82) is 0 Å². The number of hydrogen-bond acceptors (Lipinski definition) is 4. The summed E-state index contributed by atoms with van der Waals surface area (Å²) < 4.78 is 5.32. The standard InChI is InChI=1S/C21H32N4O2.2ClH/c1-23(2)21(26)25-13-16-12-24(17-8-10-22-11-9-17)14-19(16)20(25)15-4-6-18(27-3)7-5-15;;/h4-7,16-17,19-20,22H,8-14H2,1-3H3;2*1H/t16-,19-,20+;;/m1../s1. The number of nitrogens with zero attached hydrogens (tertiary/aromatic N) is 3. The van der Waals surface area contributed by atoms with Crippen LogP contribution >= 0.6 is 24.8 Å². The topological polar surface area (TPSA) is 48.1 Å². The molecule has 3 heterocycles. The molecule has 3 aliphatic rings. The van der Waals surface area contributed by atoms with E-state index in [-0.39, 0.29) is 36.9 Å². The predicted octanol–water partition coefficient (Wildman–Crippen LogP) is 2.88. The first-order chi connectivity index (χ1) is 13.1. The van der Waals surface area contributed by atoms with Crippen LogP contribution in [0, 0.1) is 11.8 Å². The minimum absolute atomic E-state index is 0. The van der Waals surface area contributed by atoms with Gasteiger partial charge in [0.05, 0.1) is 13.2 Å². The Morgan fingerprint density at radius 2 is 1.72 bits per heavy atom.